The second-order valence-electron chi connectivity index (χ2n) is 9.97. The lowest BCUT2D eigenvalue weighted by atomic mass is 9.92. The van der Waals surface area contributed by atoms with Crippen LogP contribution >= 0.6 is 11.3 Å². The highest BCUT2D eigenvalue weighted by molar-refractivity contribution is 7.15. The zero-order valence-corrected chi connectivity index (χ0v) is 23.7. The van der Waals surface area contributed by atoms with Crippen LogP contribution in [0.4, 0.5) is 0 Å². The molecule has 0 spiro atoms. The molecule has 1 fully saturated rings. The van der Waals surface area contributed by atoms with Crippen LogP contribution in [0.3, 0.4) is 0 Å². The molecule has 0 amide bonds. The molecule has 40 heavy (non-hydrogen) atoms. The van der Waals surface area contributed by atoms with Gasteiger partial charge in [-0.1, -0.05) is 31.5 Å². The molecule has 0 N–H and O–H groups in total. The van der Waals surface area contributed by atoms with E-state index in [1.807, 2.05) is 45.5 Å². The Balaban J connectivity index is 1.44. The first-order valence-corrected chi connectivity index (χ1v) is 14.7. The van der Waals surface area contributed by atoms with E-state index in [-0.39, 0.29) is 30.3 Å². The Morgan fingerprint density at radius 2 is 1.95 bits per heavy atom. The smallest absolute Gasteiger partial charge is 0.332 e. The van der Waals surface area contributed by atoms with Crippen LogP contribution in [0.1, 0.15) is 73.7 Å². The number of aryl methyl sites for hydroxylation is 1. The largest absolute Gasteiger partial charge is 0.464 e. The van der Waals surface area contributed by atoms with Crippen molar-refractivity contribution in [1.29, 1.82) is 5.26 Å². The number of hydrogen-bond donors (Lipinski definition) is 0. The third-order valence-corrected chi connectivity index (χ3v) is 8.51. The Morgan fingerprint density at radius 1 is 1.15 bits per heavy atom. The number of nitriles is 1. The van der Waals surface area contributed by atoms with Crippen molar-refractivity contribution in [1.82, 2.24) is 19.2 Å². The molecule has 4 aromatic rings. The number of aromatic nitrogens is 4. The van der Waals surface area contributed by atoms with Gasteiger partial charge in [0, 0.05) is 33.3 Å². The van der Waals surface area contributed by atoms with Crippen LogP contribution in [0.25, 0.3) is 16.2 Å². The number of thiophene rings is 1. The second-order valence-corrected chi connectivity index (χ2v) is 11.1. The number of carbonyl (C=O) groups excluding carboxylic acids is 1. The van der Waals surface area contributed by atoms with E-state index in [0.717, 1.165) is 65.1 Å². The van der Waals surface area contributed by atoms with Crippen molar-refractivity contribution in [2.45, 2.75) is 70.9 Å². The molecule has 1 saturated carbocycles. The summed E-state index contributed by atoms with van der Waals surface area (Å²) in [4.78, 5) is 32.4. The fraction of sp³-hybridized carbons (Fsp3) is 0.433. The summed E-state index contributed by atoms with van der Waals surface area (Å²) in [6, 6.07) is 13.9. The molecule has 3 aromatic heterocycles. The average molecular weight is 560 g/mol. The van der Waals surface area contributed by atoms with Crippen molar-refractivity contribution >= 4 is 23.1 Å². The summed E-state index contributed by atoms with van der Waals surface area (Å²) in [7, 11) is 0. The van der Waals surface area contributed by atoms with E-state index in [4.69, 9.17) is 9.47 Å². The summed E-state index contributed by atoms with van der Waals surface area (Å²) in [5.41, 5.74) is 3.15. The van der Waals surface area contributed by atoms with E-state index in [9.17, 15) is 14.9 Å². The molecule has 9 nitrogen and oxygen atoms in total. The molecule has 10 heteroatoms. The Bertz CT molecular complexity index is 1590. The molecule has 0 radical (unpaired) electrons. The monoisotopic (exact) mass is 559 g/mol. The predicted octanol–water partition coefficient (Wildman–Crippen LogP) is 5.10. The van der Waals surface area contributed by atoms with E-state index in [1.54, 1.807) is 18.3 Å². The Morgan fingerprint density at radius 3 is 2.70 bits per heavy atom. The molecule has 0 unspecified atom stereocenters. The van der Waals surface area contributed by atoms with Crippen molar-refractivity contribution in [2.24, 2.45) is 0 Å². The number of carbonyl (C=O) groups is 1. The maximum absolute atomic E-state index is 14.2. The van der Waals surface area contributed by atoms with Crippen LogP contribution < -0.4 is 5.56 Å². The van der Waals surface area contributed by atoms with Gasteiger partial charge in [0.15, 0.2) is 0 Å². The average Bonchev–Trinajstić information content (AvgIpc) is 3.65. The summed E-state index contributed by atoms with van der Waals surface area (Å²) in [6.45, 7) is 4.16. The second kappa shape index (κ2) is 12.6. The number of hydrogen-bond acceptors (Lipinski definition) is 8. The van der Waals surface area contributed by atoms with Crippen LogP contribution in [0, 0.1) is 11.3 Å². The minimum absolute atomic E-state index is 0.0211. The molecule has 0 saturated heterocycles. The summed E-state index contributed by atoms with van der Waals surface area (Å²) in [5.74, 6) is 0.220. The minimum atomic E-state index is -0.352. The number of nitrogens with zero attached hydrogens (tertiary/aromatic N) is 5. The van der Waals surface area contributed by atoms with Crippen LogP contribution in [0.2, 0.25) is 0 Å². The summed E-state index contributed by atoms with van der Waals surface area (Å²) in [6.07, 6.45) is 6.54. The maximum atomic E-state index is 14.2. The van der Waals surface area contributed by atoms with Crippen LogP contribution in [-0.4, -0.2) is 44.5 Å². The zero-order valence-electron chi connectivity index (χ0n) is 22.8. The van der Waals surface area contributed by atoms with Crippen molar-refractivity contribution in [3.63, 3.8) is 0 Å². The summed E-state index contributed by atoms with van der Waals surface area (Å²) < 4.78 is 14.4. The van der Waals surface area contributed by atoms with Crippen molar-refractivity contribution < 1.29 is 14.3 Å². The first-order chi connectivity index (χ1) is 19.5. The van der Waals surface area contributed by atoms with Crippen LogP contribution in [0.5, 0.6) is 0 Å². The molecular weight excluding hydrogens is 526 g/mol. The summed E-state index contributed by atoms with van der Waals surface area (Å²) >= 11 is 1.61. The molecular formula is C30H33N5O4S. The quantitative estimate of drug-likeness (QED) is 0.249. The first kappa shape index (κ1) is 27.7. The highest BCUT2D eigenvalue weighted by atomic mass is 32.1. The zero-order chi connectivity index (χ0) is 28.1. The van der Waals surface area contributed by atoms with Gasteiger partial charge in [-0.2, -0.15) is 15.3 Å². The van der Waals surface area contributed by atoms with Crippen molar-refractivity contribution in [3.05, 3.63) is 74.8 Å². The van der Waals surface area contributed by atoms with Crippen LogP contribution in [0.15, 0.2) is 47.5 Å². The standard InChI is InChI=1S/C30H33N5O4S/c1-3-7-26-25(16-23-14-15-27(40-23)24-9-6-5-8-20(24)17-31)29(37)34(30-32-19-33-35(26)30)21-10-12-22(13-11-21)39-18-28(36)38-4-2/h5-6,8-9,14-15,19,21-22H,3-4,7,10-13,16,18H2,1-2H3. The molecule has 5 rings (SSSR count). The number of esters is 1. The fourth-order valence-electron chi connectivity index (χ4n) is 5.52. The lowest BCUT2D eigenvalue weighted by molar-refractivity contribution is -0.151. The van der Waals surface area contributed by atoms with Gasteiger partial charge in [-0.15, -0.1) is 11.3 Å². The van der Waals surface area contributed by atoms with Gasteiger partial charge < -0.3 is 9.47 Å². The first-order valence-electron chi connectivity index (χ1n) is 13.8. The van der Waals surface area contributed by atoms with Gasteiger partial charge in [-0.25, -0.2) is 9.31 Å². The van der Waals surface area contributed by atoms with Gasteiger partial charge in [0.05, 0.1) is 30.0 Å². The Labute approximate surface area is 237 Å². The Kier molecular flexibility index (Phi) is 8.72. The normalized spacial score (nSPS) is 17.1. The van der Waals surface area contributed by atoms with E-state index < -0.39 is 0 Å². The number of rotatable bonds is 10. The third-order valence-electron chi connectivity index (χ3n) is 7.39. The van der Waals surface area contributed by atoms with E-state index in [1.165, 1.54) is 6.33 Å². The lowest BCUT2D eigenvalue weighted by Gasteiger charge is -2.30. The number of benzene rings is 1. The number of fused-ring (bicyclic) bond motifs is 1. The number of ether oxygens (including phenoxy) is 2. The summed E-state index contributed by atoms with van der Waals surface area (Å²) in [5, 5.41) is 14.1. The Hall–Kier alpha value is -3.81. The van der Waals surface area contributed by atoms with Gasteiger partial charge in [0.2, 0.25) is 5.78 Å². The van der Waals surface area contributed by atoms with E-state index >= 15 is 0 Å². The minimum Gasteiger partial charge on any atom is -0.464 e. The van der Waals surface area contributed by atoms with Crippen molar-refractivity contribution in [3.8, 4) is 16.5 Å². The van der Waals surface area contributed by atoms with Crippen LogP contribution in [-0.2, 0) is 27.1 Å². The lowest BCUT2D eigenvalue weighted by Crippen LogP contribution is -2.35. The van der Waals surface area contributed by atoms with Gasteiger partial charge >= 0.3 is 5.97 Å². The topological polar surface area (TPSA) is 112 Å². The molecule has 0 atom stereocenters. The molecule has 1 aliphatic rings. The van der Waals surface area contributed by atoms with Gasteiger partial charge in [-0.3, -0.25) is 9.36 Å². The van der Waals surface area contributed by atoms with Gasteiger partial charge in [-0.05, 0) is 57.2 Å². The predicted molar refractivity (Wildman–Crippen MR) is 152 cm³/mol. The van der Waals surface area contributed by atoms with Gasteiger partial charge in [0.25, 0.3) is 5.56 Å². The van der Waals surface area contributed by atoms with Gasteiger partial charge in [0.1, 0.15) is 12.9 Å². The molecule has 208 valence electrons. The molecule has 0 aliphatic heterocycles. The van der Waals surface area contributed by atoms with E-state index in [0.29, 0.717) is 24.4 Å². The molecule has 1 aromatic carbocycles. The van der Waals surface area contributed by atoms with Crippen molar-refractivity contribution in [2.75, 3.05) is 13.2 Å². The molecule has 0 bridgehead atoms. The highest BCUT2D eigenvalue weighted by Gasteiger charge is 2.28. The van der Waals surface area contributed by atoms with E-state index in [2.05, 4.69) is 23.1 Å². The molecule has 3 heterocycles. The third kappa shape index (κ3) is 5.71. The molecule has 1 aliphatic carbocycles. The SMILES string of the molecule is CCCc1c(Cc2ccc(-c3ccccc3C#N)s2)c(=O)n(C2CCC(OCC(=O)OCC)CC2)c2ncnn12. The fourth-order valence-corrected chi connectivity index (χ4v) is 6.58. The highest BCUT2D eigenvalue weighted by Crippen LogP contribution is 2.33. The maximum Gasteiger partial charge on any atom is 0.332 e.